The van der Waals surface area contributed by atoms with Crippen molar-refractivity contribution in [1.82, 2.24) is 9.78 Å². The van der Waals surface area contributed by atoms with Crippen LogP contribution in [0.5, 0.6) is 0 Å². The Balaban J connectivity index is 2.83. The number of aromatic nitrogens is 2. The molecule has 1 aromatic heterocycles. The van der Waals surface area contributed by atoms with Crippen LogP contribution >= 0.6 is 0 Å². The topological polar surface area (TPSA) is 70.8 Å². The van der Waals surface area contributed by atoms with Crippen molar-refractivity contribution in [2.45, 2.75) is 20.3 Å². The molecule has 6 heteroatoms. The van der Waals surface area contributed by atoms with Crippen LogP contribution < -0.4 is 4.72 Å². The lowest BCUT2D eigenvalue weighted by atomic mass is 10.4. The number of hydrogen-bond acceptors (Lipinski definition) is 3. The Morgan fingerprint density at radius 2 is 2.36 bits per heavy atom. The largest absolute Gasteiger partial charge is 0.296 e. The molecule has 1 aromatic rings. The van der Waals surface area contributed by atoms with Gasteiger partial charge in [-0.1, -0.05) is 6.92 Å². The average Bonchev–Trinajstić information content (AvgIpc) is 2.28. The van der Waals surface area contributed by atoms with E-state index in [4.69, 9.17) is 4.78 Å². The van der Waals surface area contributed by atoms with E-state index >= 15 is 0 Å². The van der Waals surface area contributed by atoms with Gasteiger partial charge in [-0.25, -0.2) is 8.99 Å². The fourth-order valence-corrected chi connectivity index (χ4v) is 2.45. The lowest BCUT2D eigenvalue weighted by Gasteiger charge is -2.07. The first-order valence-corrected chi connectivity index (χ1v) is 6.22. The van der Waals surface area contributed by atoms with Gasteiger partial charge in [-0.05, 0) is 13.3 Å². The van der Waals surface area contributed by atoms with Crippen LogP contribution in [0.3, 0.4) is 0 Å². The van der Waals surface area contributed by atoms with Crippen molar-refractivity contribution in [3.05, 3.63) is 11.9 Å². The van der Waals surface area contributed by atoms with Crippen LogP contribution in [-0.4, -0.2) is 19.7 Å². The van der Waals surface area contributed by atoms with E-state index in [0.717, 1.165) is 12.1 Å². The Hall–Kier alpha value is -1.04. The van der Waals surface area contributed by atoms with Gasteiger partial charge in [0.2, 0.25) is 0 Å². The summed E-state index contributed by atoms with van der Waals surface area (Å²) >= 11 is 0. The predicted octanol–water partition coefficient (Wildman–Crippen LogP) is 1.51. The van der Waals surface area contributed by atoms with Crippen molar-refractivity contribution in [3.8, 4) is 0 Å². The minimum atomic E-state index is -2.70. The molecule has 0 aliphatic heterocycles. The minimum Gasteiger partial charge on any atom is -0.296 e. The second-order valence-corrected chi connectivity index (χ2v) is 5.25. The van der Waals surface area contributed by atoms with Crippen molar-refractivity contribution in [1.29, 1.82) is 4.78 Å². The molecule has 1 heterocycles. The molecule has 0 aliphatic carbocycles. The molecule has 1 rings (SSSR count). The Bertz CT molecular complexity index is 407. The first-order valence-electron chi connectivity index (χ1n) is 4.49. The number of hydrogen-bond donors (Lipinski definition) is 2. The molecule has 0 fully saturated rings. The molecule has 1 unspecified atom stereocenters. The standard InChI is InChI=1S/C8H16N4OS/c1-4-5-14(9,13)11-8-6-12(3)10-7(8)2/h6H,4-5H2,1-3H3,(H2,9,11,13). The number of nitrogens with one attached hydrogen (secondary N) is 2. The molecule has 80 valence electrons. The smallest absolute Gasteiger partial charge is 0.126 e. The van der Waals surface area contributed by atoms with Gasteiger partial charge in [0.1, 0.15) is 9.92 Å². The van der Waals surface area contributed by atoms with E-state index in [1.54, 1.807) is 17.9 Å². The Kier molecular flexibility index (Phi) is 3.15. The summed E-state index contributed by atoms with van der Waals surface area (Å²) in [6, 6.07) is 0. The third-order valence-electron chi connectivity index (χ3n) is 1.78. The predicted molar refractivity (Wildman–Crippen MR) is 57.6 cm³/mol. The maximum atomic E-state index is 11.6. The molecule has 14 heavy (non-hydrogen) atoms. The molecule has 0 aromatic carbocycles. The van der Waals surface area contributed by atoms with Gasteiger partial charge in [0, 0.05) is 19.0 Å². The third kappa shape index (κ3) is 2.73. The van der Waals surface area contributed by atoms with E-state index < -0.39 is 9.92 Å². The quantitative estimate of drug-likeness (QED) is 0.801. The van der Waals surface area contributed by atoms with Crippen LogP contribution in [0.4, 0.5) is 5.69 Å². The number of anilines is 1. The highest BCUT2D eigenvalue weighted by atomic mass is 32.2. The minimum absolute atomic E-state index is 0.362. The number of aryl methyl sites for hydroxylation is 2. The normalized spacial score (nSPS) is 15.1. The molecule has 0 saturated carbocycles. The Morgan fingerprint density at radius 3 is 2.79 bits per heavy atom. The van der Waals surface area contributed by atoms with Crippen molar-refractivity contribution < 1.29 is 4.21 Å². The van der Waals surface area contributed by atoms with Crippen molar-refractivity contribution in [2.24, 2.45) is 7.05 Å². The van der Waals surface area contributed by atoms with Crippen LogP contribution in [0.2, 0.25) is 0 Å². The van der Waals surface area contributed by atoms with E-state index in [9.17, 15) is 4.21 Å². The Labute approximate surface area is 84.6 Å². The molecular weight excluding hydrogens is 200 g/mol. The van der Waals surface area contributed by atoms with Gasteiger partial charge in [-0.2, -0.15) is 5.10 Å². The third-order valence-corrected chi connectivity index (χ3v) is 3.31. The first kappa shape index (κ1) is 11.0. The SMILES string of the molecule is CCCS(=N)(=O)Nc1cn(C)nc1C. The van der Waals surface area contributed by atoms with Crippen LogP contribution in [0.1, 0.15) is 19.0 Å². The zero-order chi connectivity index (χ0) is 10.8. The summed E-state index contributed by atoms with van der Waals surface area (Å²) in [5.74, 6) is 0.362. The highest BCUT2D eigenvalue weighted by molar-refractivity contribution is 7.93. The van der Waals surface area contributed by atoms with E-state index in [-0.39, 0.29) is 0 Å². The number of nitrogens with zero attached hydrogens (tertiary/aromatic N) is 2. The van der Waals surface area contributed by atoms with Gasteiger partial charge in [-0.15, -0.1) is 0 Å². The molecular formula is C8H16N4OS. The van der Waals surface area contributed by atoms with Crippen LogP contribution in [0.15, 0.2) is 6.20 Å². The van der Waals surface area contributed by atoms with Gasteiger partial charge >= 0.3 is 0 Å². The fourth-order valence-electron chi connectivity index (χ4n) is 1.22. The van der Waals surface area contributed by atoms with Gasteiger partial charge in [0.15, 0.2) is 0 Å². The summed E-state index contributed by atoms with van der Waals surface area (Å²) in [5.41, 5.74) is 1.45. The highest BCUT2D eigenvalue weighted by Crippen LogP contribution is 2.13. The van der Waals surface area contributed by atoms with Crippen molar-refractivity contribution in [3.63, 3.8) is 0 Å². The van der Waals surface area contributed by atoms with Crippen molar-refractivity contribution >= 4 is 15.6 Å². The van der Waals surface area contributed by atoms with Crippen LogP contribution in [0, 0.1) is 11.7 Å². The lowest BCUT2D eigenvalue weighted by molar-refractivity contribution is 0.677. The molecule has 0 amide bonds. The second-order valence-electron chi connectivity index (χ2n) is 3.28. The lowest BCUT2D eigenvalue weighted by Crippen LogP contribution is -2.14. The molecule has 0 bridgehead atoms. The maximum absolute atomic E-state index is 11.6. The first-order chi connectivity index (χ1) is 6.44. The number of rotatable bonds is 4. The summed E-state index contributed by atoms with van der Waals surface area (Å²) in [5, 5.41) is 4.10. The molecule has 2 N–H and O–H groups in total. The van der Waals surface area contributed by atoms with E-state index in [0.29, 0.717) is 11.4 Å². The summed E-state index contributed by atoms with van der Waals surface area (Å²) in [7, 11) is -0.902. The van der Waals surface area contributed by atoms with Gasteiger partial charge in [0.05, 0.1) is 11.4 Å². The fraction of sp³-hybridized carbons (Fsp3) is 0.625. The van der Waals surface area contributed by atoms with Gasteiger partial charge < -0.3 is 0 Å². The molecule has 0 spiro atoms. The summed E-state index contributed by atoms with van der Waals surface area (Å²) in [6.45, 7) is 3.73. The Morgan fingerprint density at radius 1 is 1.71 bits per heavy atom. The van der Waals surface area contributed by atoms with E-state index in [1.165, 1.54) is 0 Å². The second kappa shape index (κ2) is 4.00. The summed E-state index contributed by atoms with van der Waals surface area (Å²) < 4.78 is 23.5. The summed E-state index contributed by atoms with van der Waals surface area (Å²) in [6.07, 6.45) is 2.47. The van der Waals surface area contributed by atoms with Crippen molar-refractivity contribution in [2.75, 3.05) is 10.5 Å². The van der Waals surface area contributed by atoms with E-state index in [2.05, 4.69) is 9.82 Å². The van der Waals surface area contributed by atoms with Gasteiger partial charge in [0.25, 0.3) is 0 Å². The molecule has 0 aliphatic rings. The summed E-state index contributed by atoms with van der Waals surface area (Å²) in [4.78, 5) is 0. The molecule has 1 atom stereocenters. The zero-order valence-electron chi connectivity index (χ0n) is 8.70. The van der Waals surface area contributed by atoms with Crippen LogP contribution in [0.25, 0.3) is 0 Å². The molecule has 0 radical (unpaired) electrons. The monoisotopic (exact) mass is 216 g/mol. The average molecular weight is 216 g/mol. The van der Waals surface area contributed by atoms with E-state index in [1.807, 2.05) is 13.8 Å². The highest BCUT2D eigenvalue weighted by Gasteiger charge is 2.08. The molecule has 0 saturated heterocycles. The zero-order valence-corrected chi connectivity index (χ0v) is 9.52. The molecule has 5 nitrogen and oxygen atoms in total. The van der Waals surface area contributed by atoms with Gasteiger partial charge in [-0.3, -0.25) is 9.40 Å². The maximum Gasteiger partial charge on any atom is 0.126 e. The van der Waals surface area contributed by atoms with Crippen LogP contribution in [-0.2, 0) is 17.0 Å².